The normalized spacial score (nSPS) is 24.1. The Morgan fingerprint density at radius 1 is 1.53 bits per heavy atom. The first-order valence-electron chi connectivity index (χ1n) is 6.40. The molecule has 4 heteroatoms. The second-order valence-electron chi connectivity index (χ2n) is 5.89. The van der Waals surface area contributed by atoms with Crippen LogP contribution in [-0.2, 0) is 9.53 Å². The van der Waals surface area contributed by atoms with Crippen molar-refractivity contribution in [3.63, 3.8) is 0 Å². The van der Waals surface area contributed by atoms with Crippen molar-refractivity contribution in [2.75, 3.05) is 19.7 Å². The third kappa shape index (κ3) is 4.64. The Morgan fingerprint density at radius 2 is 2.18 bits per heavy atom. The molecule has 1 atom stereocenters. The van der Waals surface area contributed by atoms with E-state index < -0.39 is 0 Å². The number of aliphatic hydroxyl groups excluding tert-OH is 1. The van der Waals surface area contributed by atoms with Crippen LogP contribution in [0.5, 0.6) is 0 Å². The van der Waals surface area contributed by atoms with Gasteiger partial charge in [-0.05, 0) is 26.2 Å². The molecule has 1 aliphatic rings. The minimum absolute atomic E-state index is 0.0304. The van der Waals surface area contributed by atoms with Crippen LogP contribution in [0.1, 0.15) is 40.5 Å². The Balaban J connectivity index is 2.54. The maximum Gasteiger partial charge on any atom is 0.222 e. The van der Waals surface area contributed by atoms with E-state index in [9.17, 15) is 9.90 Å². The molecule has 1 heterocycles. The fraction of sp³-hybridized carbons (Fsp3) is 0.923. The molecule has 0 saturated carbocycles. The predicted molar refractivity (Wildman–Crippen MR) is 66.7 cm³/mol. The van der Waals surface area contributed by atoms with Gasteiger partial charge in [0.15, 0.2) is 0 Å². The lowest BCUT2D eigenvalue weighted by atomic mass is 10.0. The van der Waals surface area contributed by atoms with Crippen LogP contribution in [-0.4, -0.2) is 47.3 Å². The van der Waals surface area contributed by atoms with Crippen molar-refractivity contribution in [2.45, 2.75) is 52.2 Å². The second kappa shape index (κ2) is 5.83. The van der Waals surface area contributed by atoms with Crippen molar-refractivity contribution in [1.29, 1.82) is 0 Å². The molecule has 1 amide bonds. The molecule has 0 bridgehead atoms. The summed E-state index contributed by atoms with van der Waals surface area (Å²) >= 11 is 0. The van der Waals surface area contributed by atoms with Gasteiger partial charge in [-0.3, -0.25) is 4.79 Å². The van der Waals surface area contributed by atoms with E-state index in [1.165, 1.54) is 0 Å². The fourth-order valence-electron chi connectivity index (χ4n) is 2.15. The van der Waals surface area contributed by atoms with Crippen molar-refractivity contribution in [1.82, 2.24) is 4.90 Å². The van der Waals surface area contributed by atoms with Crippen molar-refractivity contribution >= 4 is 5.91 Å². The molecule has 0 aromatic heterocycles. The van der Waals surface area contributed by atoms with Gasteiger partial charge in [-0.25, -0.2) is 0 Å². The summed E-state index contributed by atoms with van der Waals surface area (Å²) in [6.45, 7) is 9.24. The summed E-state index contributed by atoms with van der Waals surface area (Å²) in [5, 5.41) is 9.18. The average Bonchev–Trinajstić information content (AvgIpc) is 2.23. The standard InChI is InChI=1S/C13H25NO3/c1-10(2)5-6-12(16)14-7-11(8-15)17-13(3,4)9-14/h10-11,15H,5-9H2,1-4H3. The Labute approximate surface area is 104 Å². The average molecular weight is 243 g/mol. The lowest BCUT2D eigenvalue weighted by Crippen LogP contribution is -2.55. The number of hydrogen-bond acceptors (Lipinski definition) is 3. The highest BCUT2D eigenvalue weighted by molar-refractivity contribution is 5.76. The van der Waals surface area contributed by atoms with Crippen LogP contribution in [0.4, 0.5) is 0 Å². The van der Waals surface area contributed by atoms with Crippen molar-refractivity contribution in [3.05, 3.63) is 0 Å². The molecule has 1 saturated heterocycles. The van der Waals surface area contributed by atoms with Gasteiger partial charge in [-0.1, -0.05) is 13.8 Å². The zero-order valence-corrected chi connectivity index (χ0v) is 11.4. The maximum absolute atomic E-state index is 12.0. The summed E-state index contributed by atoms with van der Waals surface area (Å²) in [6.07, 6.45) is 1.26. The van der Waals surface area contributed by atoms with Gasteiger partial charge in [-0.2, -0.15) is 0 Å². The molecule has 17 heavy (non-hydrogen) atoms. The third-order valence-corrected chi connectivity index (χ3v) is 2.97. The molecule has 1 N–H and O–H groups in total. The number of nitrogens with zero attached hydrogens (tertiary/aromatic N) is 1. The van der Waals surface area contributed by atoms with Crippen LogP contribution in [0, 0.1) is 5.92 Å². The van der Waals surface area contributed by atoms with Gasteiger partial charge in [-0.15, -0.1) is 0 Å². The smallest absolute Gasteiger partial charge is 0.222 e. The van der Waals surface area contributed by atoms with E-state index in [2.05, 4.69) is 13.8 Å². The predicted octanol–water partition coefficient (Wildman–Crippen LogP) is 1.42. The van der Waals surface area contributed by atoms with Crippen LogP contribution in [0.25, 0.3) is 0 Å². The molecule has 0 spiro atoms. The van der Waals surface area contributed by atoms with E-state index in [1.54, 1.807) is 0 Å². The molecule has 1 rings (SSSR count). The minimum atomic E-state index is -0.362. The molecular weight excluding hydrogens is 218 g/mol. The molecule has 0 aliphatic carbocycles. The molecular formula is C13H25NO3. The number of hydrogen-bond donors (Lipinski definition) is 1. The number of morpholine rings is 1. The summed E-state index contributed by atoms with van der Waals surface area (Å²) < 4.78 is 5.69. The van der Waals surface area contributed by atoms with Gasteiger partial charge in [0, 0.05) is 19.5 Å². The van der Waals surface area contributed by atoms with Crippen LogP contribution >= 0.6 is 0 Å². The van der Waals surface area contributed by atoms with Gasteiger partial charge in [0.1, 0.15) is 0 Å². The molecule has 0 aromatic rings. The molecule has 0 aromatic carbocycles. The Morgan fingerprint density at radius 3 is 2.71 bits per heavy atom. The Hall–Kier alpha value is -0.610. The number of rotatable bonds is 4. The van der Waals surface area contributed by atoms with E-state index in [-0.39, 0.29) is 24.2 Å². The SMILES string of the molecule is CC(C)CCC(=O)N1CC(CO)OC(C)(C)C1. The Kier molecular flexibility index (Phi) is 4.95. The van der Waals surface area contributed by atoms with Crippen molar-refractivity contribution in [2.24, 2.45) is 5.92 Å². The van der Waals surface area contributed by atoms with Crippen LogP contribution in [0.2, 0.25) is 0 Å². The lowest BCUT2D eigenvalue weighted by Gasteiger charge is -2.42. The second-order valence-corrected chi connectivity index (χ2v) is 5.89. The number of aliphatic hydroxyl groups is 1. The molecule has 100 valence electrons. The van der Waals surface area contributed by atoms with E-state index >= 15 is 0 Å². The molecule has 1 aliphatic heterocycles. The van der Waals surface area contributed by atoms with E-state index in [4.69, 9.17) is 4.74 Å². The summed E-state index contributed by atoms with van der Waals surface area (Å²) in [7, 11) is 0. The zero-order chi connectivity index (χ0) is 13.1. The van der Waals surface area contributed by atoms with Gasteiger partial charge < -0.3 is 14.7 Å². The van der Waals surface area contributed by atoms with Crippen molar-refractivity contribution < 1.29 is 14.6 Å². The number of ether oxygens (including phenoxy) is 1. The van der Waals surface area contributed by atoms with Gasteiger partial charge in [0.25, 0.3) is 0 Å². The van der Waals surface area contributed by atoms with Crippen LogP contribution < -0.4 is 0 Å². The van der Waals surface area contributed by atoms with E-state index in [0.717, 1.165) is 6.42 Å². The monoisotopic (exact) mass is 243 g/mol. The highest BCUT2D eigenvalue weighted by atomic mass is 16.5. The van der Waals surface area contributed by atoms with Gasteiger partial charge >= 0.3 is 0 Å². The zero-order valence-electron chi connectivity index (χ0n) is 11.4. The highest BCUT2D eigenvalue weighted by Gasteiger charge is 2.34. The number of carbonyl (C=O) groups excluding carboxylic acids is 1. The third-order valence-electron chi connectivity index (χ3n) is 2.97. The number of amides is 1. The summed E-state index contributed by atoms with van der Waals surface area (Å²) in [5.74, 6) is 0.718. The first-order chi connectivity index (χ1) is 7.84. The van der Waals surface area contributed by atoms with Crippen LogP contribution in [0.3, 0.4) is 0 Å². The summed E-state index contributed by atoms with van der Waals surface area (Å²) in [6, 6.07) is 0. The Bertz CT molecular complexity index is 263. The minimum Gasteiger partial charge on any atom is -0.394 e. The largest absolute Gasteiger partial charge is 0.394 e. The highest BCUT2D eigenvalue weighted by Crippen LogP contribution is 2.22. The first-order valence-corrected chi connectivity index (χ1v) is 6.40. The molecule has 0 radical (unpaired) electrons. The quantitative estimate of drug-likeness (QED) is 0.812. The van der Waals surface area contributed by atoms with Gasteiger partial charge in [0.2, 0.25) is 5.91 Å². The van der Waals surface area contributed by atoms with E-state index in [1.807, 2.05) is 18.7 Å². The van der Waals surface area contributed by atoms with E-state index in [0.29, 0.717) is 25.4 Å². The summed E-state index contributed by atoms with van der Waals surface area (Å²) in [5.41, 5.74) is -0.362. The molecule has 4 nitrogen and oxygen atoms in total. The molecule has 1 unspecified atom stereocenters. The van der Waals surface area contributed by atoms with Crippen LogP contribution in [0.15, 0.2) is 0 Å². The number of carbonyl (C=O) groups is 1. The molecule has 1 fully saturated rings. The van der Waals surface area contributed by atoms with Gasteiger partial charge in [0.05, 0.1) is 18.3 Å². The topological polar surface area (TPSA) is 49.8 Å². The van der Waals surface area contributed by atoms with Crippen molar-refractivity contribution in [3.8, 4) is 0 Å². The first kappa shape index (κ1) is 14.5. The summed E-state index contributed by atoms with van der Waals surface area (Å²) in [4.78, 5) is 13.9. The lowest BCUT2D eigenvalue weighted by molar-refractivity contribution is -0.167. The maximum atomic E-state index is 12.0. The fourth-order valence-corrected chi connectivity index (χ4v) is 2.15.